The Morgan fingerprint density at radius 2 is 2.00 bits per heavy atom. The molecule has 0 spiro atoms. The van der Waals surface area contributed by atoms with E-state index >= 15 is 0 Å². The Morgan fingerprint density at radius 3 is 2.52 bits per heavy atom. The largest absolute Gasteiger partial charge is 0.481 e. The van der Waals surface area contributed by atoms with Crippen molar-refractivity contribution in [3.8, 4) is 0 Å². The number of aliphatic carboxylic acids is 1. The van der Waals surface area contributed by atoms with E-state index in [0.29, 0.717) is 5.56 Å². The molecule has 6 nitrogen and oxygen atoms in total. The smallest absolute Gasteiger partial charge is 0.305 e. The van der Waals surface area contributed by atoms with Crippen molar-refractivity contribution in [1.82, 2.24) is 9.47 Å². The molecule has 1 aromatic heterocycles. The number of nitrogens with zero attached hydrogens (tertiary/aromatic N) is 2. The average Bonchev–Trinajstić information content (AvgIpc) is 2.40. The summed E-state index contributed by atoms with van der Waals surface area (Å²) in [5.41, 5.74) is 0.375. The molecule has 116 valence electrons. The highest BCUT2D eigenvalue weighted by Crippen LogP contribution is 2.18. The molecule has 0 aromatic carbocycles. The summed E-state index contributed by atoms with van der Waals surface area (Å²) in [6.45, 7) is 5.55. The van der Waals surface area contributed by atoms with Gasteiger partial charge in [0, 0.05) is 25.4 Å². The highest BCUT2D eigenvalue weighted by molar-refractivity contribution is 5.81. The van der Waals surface area contributed by atoms with Gasteiger partial charge in [0.05, 0.1) is 6.42 Å². The summed E-state index contributed by atoms with van der Waals surface area (Å²) >= 11 is 0. The molecule has 1 unspecified atom stereocenters. The minimum Gasteiger partial charge on any atom is -0.481 e. The normalized spacial score (nSPS) is 12.2. The van der Waals surface area contributed by atoms with Gasteiger partial charge in [0.15, 0.2) is 0 Å². The van der Waals surface area contributed by atoms with Crippen molar-refractivity contribution in [3.05, 3.63) is 34.2 Å². The lowest BCUT2D eigenvalue weighted by Crippen LogP contribution is -2.41. The molecule has 1 atom stereocenters. The van der Waals surface area contributed by atoms with Gasteiger partial charge in [0.25, 0.3) is 5.56 Å². The quantitative estimate of drug-likeness (QED) is 0.857. The van der Waals surface area contributed by atoms with Crippen molar-refractivity contribution in [2.24, 2.45) is 5.92 Å². The van der Waals surface area contributed by atoms with E-state index in [1.54, 1.807) is 32.3 Å². The first-order chi connectivity index (χ1) is 9.75. The highest BCUT2D eigenvalue weighted by Gasteiger charge is 2.28. The maximum atomic E-state index is 12.5. The first kappa shape index (κ1) is 16.9. The van der Waals surface area contributed by atoms with Crippen LogP contribution in [-0.2, 0) is 9.59 Å². The van der Waals surface area contributed by atoms with Crippen molar-refractivity contribution in [2.45, 2.75) is 33.2 Å². The van der Waals surface area contributed by atoms with Crippen LogP contribution in [0.2, 0.25) is 0 Å². The summed E-state index contributed by atoms with van der Waals surface area (Å²) in [6.07, 6.45) is 1.48. The number of carboxylic acids is 1. The highest BCUT2D eigenvalue weighted by atomic mass is 16.4. The minimum atomic E-state index is -0.955. The predicted octanol–water partition coefficient (Wildman–Crippen LogP) is 1.29. The van der Waals surface area contributed by atoms with Crippen LogP contribution in [0.5, 0.6) is 0 Å². The lowest BCUT2D eigenvalue weighted by atomic mass is 10.0. The lowest BCUT2D eigenvalue weighted by Gasteiger charge is -2.27. The number of amides is 1. The number of carboxylic acid groups (broad SMARTS) is 1. The van der Waals surface area contributed by atoms with Crippen LogP contribution < -0.4 is 5.56 Å². The van der Waals surface area contributed by atoms with Gasteiger partial charge in [-0.2, -0.15) is 0 Å². The Bertz CT molecular complexity index is 577. The average molecular weight is 294 g/mol. The van der Waals surface area contributed by atoms with Gasteiger partial charge in [-0.1, -0.05) is 19.9 Å². The summed E-state index contributed by atoms with van der Waals surface area (Å²) in [7, 11) is 1.56. The second kappa shape index (κ2) is 7.06. The molecular formula is C15H22N2O4. The standard InChI is InChI=1S/C15H22N2O4/c1-10(2)13(15(21)16(4)9-7-12(18)19)17-8-5-6-11(3)14(17)20/h5-6,8,10,13H,7,9H2,1-4H3,(H,18,19). The molecule has 1 heterocycles. The molecule has 1 aromatic rings. The van der Waals surface area contributed by atoms with Crippen LogP contribution in [0.25, 0.3) is 0 Å². The Balaban J connectivity index is 3.07. The van der Waals surface area contributed by atoms with Crippen LogP contribution in [0.15, 0.2) is 23.1 Å². The SMILES string of the molecule is Cc1cccn(C(C(=O)N(C)CCC(=O)O)C(C)C)c1=O. The fraction of sp³-hybridized carbons (Fsp3) is 0.533. The van der Waals surface area contributed by atoms with Crippen LogP contribution in [0.4, 0.5) is 0 Å². The van der Waals surface area contributed by atoms with Crippen LogP contribution >= 0.6 is 0 Å². The minimum absolute atomic E-state index is 0.0794. The zero-order chi connectivity index (χ0) is 16.2. The Hall–Kier alpha value is -2.11. The molecule has 0 aliphatic heterocycles. The number of likely N-dealkylation sites (N-methyl/N-ethyl adjacent to an activating group) is 1. The molecule has 21 heavy (non-hydrogen) atoms. The molecule has 0 saturated heterocycles. The van der Waals surface area contributed by atoms with Crippen LogP contribution in [0.1, 0.15) is 31.9 Å². The van der Waals surface area contributed by atoms with Crippen LogP contribution in [0.3, 0.4) is 0 Å². The van der Waals surface area contributed by atoms with Gasteiger partial charge >= 0.3 is 5.97 Å². The van der Waals surface area contributed by atoms with E-state index in [4.69, 9.17) is 5.11 Å². The molecule has 0 aliphatic rings. The topological polar surface area (TPSA) is 79.6 Å². The number of carbonyl (C=O) groups is 2. The number of aromatic nitrogens is 1. The van der Waals surface area contributed by atoms with Gasteiger partial charge in [0.2, 0.25) is 5.91 Å². The van der Waals surface area contributed by atoms with E-state index < -0.39 is 12.0 Å². The lowest BCUT2D eigenvalue weighted by molar-refractivity contribution is -0.139. The van der Waals surface area contributed by atoms with Crippen LogP contribution in [-0.4, -0.2) is 40.0 Å². The maximum absolute atomic E-state index is 12.5. The van der Waals surface area contributed by atoms with Gasteiger partial charge in [-0.05, 0) is 18.9 Å². The van der Waals surface area contributed by atoms with Gasteiger partial charge in [0.1, 0.15) is 6.04 Å². The maximum Gasteiger partial charge on any atom is 0.305 e. The van der Waals surface area contributed by atoms with Gasteiger partial charge in [-0.3, -0.25) is 14.4 Å². The molecule has 0 fully saturated rings. The van der Waals surface area contributed by atoms with E-state index in [9.17, 15) is 14.4 Å². The molecule has 1 rings (SSSR count). The van der Waals surface area contributed by atoms with Crippen molar-refractivity contribution < 1.29 is 14.7 Å². The Kier molecular flexibility index (Phi) is 5.69. The third kappa shape index (κ3) is 4.18. The van der Waals surface area contributed by atoms with E-state index in [1.807, 2.05) is 13.8 Å². The monoisotopic (exact) mass is 294 g/mol. The third-order valence-corrected chi connectivity index (χ3v) is 3.39. The van der Waals surface area contributed by atoms with Crippen molar-refractivity contribution in [3.63, 3.8) is 0 Å². The molecule has 1 N–H and O–H groups in total. The molecular weight excluding hydrogens is 272 g/mol. The fourth-order valence-corrected chi connectivity index (χ4v) is 2.17. The summed E-state index contributed by atoms with van der Waals surface area (Å²) in [5.74, 6) is -1.29. The molecule has 0 aliphatic carbocycles. The zero-order valence-corrected chi connectivity index (χ0v) is 12.9. The number of hydrogen-bond acceptors (Lipinski definition) is 3. The number of pyridine rings is 1. The zero-order valence-electron chi connectivity index (χ0n) is 12.9. The molecule has 6 heteroatoms. The third-order valence-electron chi connectivity index (χ3n) is 3.39. The molecule has 1 amide bonds. The summed E-state index contributed by atoms with van der Waals surface area (Å²) < 4.78 is 1.43. The number of rotatable bonds is 6. The van der Waals surface area contributed by atoms with E-state index in [2.05, 4.69) is 0 Å². The number of carbonyl (C=O) groups excluding carboxylic acids is 1. The Labute approximate surface area is 124 Å². The van der Waals surface area contributed by atoms with Gasteiger partial charge < -0.3 is 14.6 Å². The van der Waals surface area contributed by atoms with Crippen LogP contribution in [0, 0.1) is 12.8 Å². The summed E-state index contributed by atoms with van der Waals surface area (Å²) in [6, 6.07) is 2.81. The first-order valence-corrected chi connectivity index (χ1v) is 6.90. The number of hydrogen-bond donors (Lipinski definition) is 1. The predicted molar refractivity (Wildman–Crippen MR) is 79.2 cm³/mol. The Morgan fingerprint density at radius 1 is 1.38 bits per heavy atom. The second-order valence-corrected chi connectivity index (χ2v) is 5.50. The molecule has 0 radical (unpaired) electrons. The van der Waals surface area contributed by atoms with Crippen molar-refractivity contribution >= 4 is 11.9 Å². The first-order valence-electron chi connectivity index (χ1n) is 6.90. The molecule has 0 bridgehead atoms. The summed E-state index contributed by atoms with van der Waals surface area (Å²) in [5, 5.41) is 8.70. The van der Waals surface area contributed by atoms with E-state index in [-0.39, 0.29) is 30.3 Å². The summed E-state index contributed by atoms with van der Waals surface area (Å²) in [4.78, 5) is 36.7. The molecule has 0 saturated carbocycles. The van der Waals surface area contributed by atoms with Gasteiger partial charge in [-0.15, -0.1) is 0 Å². The fourth-order valence-electron chi connectivity index (χ4n) is 2.17. The van der Waals surface area contributed by atoms with E-state index in [1.165, 1.54) is 9.47 Å². The number of aryl methyl sites for hydroxylation is 1. The van der Waals surface area contributed by atoms with E-state index in [0.717, 1.165) is 0 Å². The van der Waals surface area contributed by atoms with Gasteiger partial charge in [-0.25, -0.2) is 0 Å². The van der Waals surface area contributed by atoms with Crippen molar-refractivity contribution in [2.75, 3.05) is 13.6 Å². The van der Waals surface area contributed by atoms with Crippen molar-refractivity contribution in [1.29, 1.82) is 0 Å². The second-order valence-electron chi connectivity index (χ2n) is 5.50.